The molecule has 1 atom stereocenters. The van der Waals surface area contributed by atoms with Crippen molar-refractivity contribution in [1.29, 1.82) is 0 Å². The summed E-state index contributed by atoms with van der Waals surface area (Å²) in [4.78, 5) is 10.6. The van der Waals surface area contributed by atoms with E-state index in [1.807, 2.05) is 42.2 Å². The summed E-state index contributed by atoms with van der Waals surface area (Å²) in [6, 6.07) is 18.8. The van der Waals surface area contributed by atoms with E-state index in [9.17, 15) is 18.3 Å². The van der Waals surface area contributed by atoms with E-state index in [2.05, 4.69) is 56.3 Å². The summed E-state index contributed by atoms with van der Waals surface area (Å²) in [5, 5.41) is 20.1. The predicted molar refractivity (Wildman–Crippen MR) is 170 cm³/mol. The van der Waals surface area contributed by atoms with Crippen LogP contribution in [0.3, 0.4) is 0 Å². The zero-order valence-corrected chi connectivity index (χ0v) is 25.5. The van der Waals surface area contributed by atoms with Crippen LogP contribution in [0.15, 0.2) is 83.2 Å². The minimum atomic E-state index is -4.75. The minimum absolute atomic E-state index is 0.158. The van der Waals surface area contributed by atoms with E-state index in [4.69, 9.17) is 12.2 Å². The number of hydrazone groups is 1. The van der Waals surface area contributed by atoms with Gasteiger partial charge in [-0.05, 0) is 72.1 Å². The topological polar surface area (TPSA) is 100 Å². The van der Waals surface area contributed by atoms with Gasteiger partial charge in [-0.2, -0.15) is 10.1 Å². The number of rotatable bonds is 7. The quantitative estimate of drug-likeness (QED) is 0.136. The average Bonchev–Trinajstić information content (AvgIpc) is 3.60. The summed E-state index contributed by atoms with van der Waals surface area (Å²) >= 11 is 6.83. The first-order chi connectivity index (χ1) is 21.0. The van der Waals surface area contributed by atoms with Gasteiger partial charge in [0.05, 0.1) is 11.9 Å². The van der Waals surface area contributed by atoms with Crippen molar-refractivity contribution in [2.24, 2.45) is 10.1 Å². The van der Waals surface area contributed by atoms with Crippen LogP contribution in [0.5, 0.6) is 5.75 Å². The molecule has 5 rings (SSSR count). The molecular weight excluding hydrogens is 612 g/mol. The second-order valence-corrected chi connectivity index (χ2v) is 11.5. The van der Waals surface area contributed by atoms with E-state index >= 15 is 0 Å². The highest BCUT2D eigenvalue weighted by Crippen LogP contribution is 2.35. The van der Waals surface area contributed by atoms with Crippen molar-refractivity contribution in [2.75, 3.05) is 10.7 Å². The van der Waals surface area contributed by atoms with Crippen LogP contribution in [0.1, 0.15) is 36.5 Å². The summed E-state index contributed by atoms with van der Waals surface area (Å²) in [6.45, 7) is 6.24. The molecule has 0 amide bonds. The maximum atomic E-state index is 12.4. The van der Waals surface area contributed by atoms with Gasteiger partial charge in [-0.3, -0.25) is 10.3 Å². The molecule has 1 unspecified atom stereocenters. The Morgan fingerprint density at radius 2 is 1.86 bits per heavy atom. The number of alkyl halides is 3. The molecule has 1 fully saturated rings. The van der Waals surface area contributed by atoms with Crippen LogP contribution in [-0.4, -0.2) is 54.7 Å². The van der Waals surface area contributed by atoms with Crippen LogP contribution in [-0.2, 0) is 0 Å². The number of aryl methyl sites for hydroxylation is 1. The number of hydrogen-bond acceptors (Lipinski definition) is 7. The minimum Gasteiger partial charge on any atom is -0.406 e. The third-order valence-corrected chi connectivity index (χ3v) is 7.69. The number of aliphatic hydroxyl groups is 1. The lowest BCUT2D eigenvalue weighted by Gasteiger charge is -2.26. The molecule has 1 saturated heterocycles. The fourth-order valence-electron chi connectivity index (χ4n) is 4.43. The van der Waals surface area contributed by atoms with E-state index in [0.29, 0.717) is 22.4 Å². The molecule has 0 aliphatic carbocycles. The molecule has 1 aliphatic heterocycles. The summed E-state index contributed by atoms with van der Waals surface area (Å²) in [6.07, 6.45) is -2.40. The molecule has 1 aromatic heterocycles. The Kier molecular flexibility index (Phi) is 9.32. The number of benzene rings is 3. The standard InChI is InChI=1S/C30H28F3N7O2S2/c1-18(2)24-13-4-19(3)14-25(24)40-26(41)16-44-29(40)36-28(43)37-35-15-20-5-7-21(8-6-20)27-34-17-39(38-27)22-9-11-23(12-10-22)42-30(31,32)33/h4-15,17-18,26,41H,16H2,1-3H3,(H,37,43)/b35-15+,36-29?. The fraction of sp³-hybridized carbons (Fsp3) is 0.233. The first-order valence-corrected chi connectivity index (χ1v) is 14.9. The zero-order chi connectivity index (χ0) is 31.4. The number of ether oxygens (including phenoxy) is 1. The number of aromatic nitrogens is 3. The van der Waals surface area contributed by atoms with Crippen LogP contribution in [0, 0.1) is 6.92 Å². The Balaban J connectivity index is 1.21. The number of amidine groups is 1. The Morgan fingerprint density at radius 1 is 1.14 bits per heavy atom. The molecule has 2 heterocycles. The van der Waals surface area contributed by atoms with Crippen molar-refractivity contribution in [1.82, 2.24) is 20.2 Å². The Labute approximate surface area is 261 Å². The molecule has 0 bridgehead atoms. The number of aliphatic imine (C=N–C) groups is 1. The number of nitrogens with zero attached hydrogens (tertiary/aromatic N) is 6. The number of thioether (sulfide) groups is 1. The highest BCUT2D eigenvalue weighted by molar-refractivity contribution is 8.14. The van der Waals surface area contributed by atoms with Crippen molar-refractivity contribution in [3.05, 3.63) is 89.7 Å². The first kappa shape index (κ1) is 31.2. The number of anilines is 1. The highest BCUT2D eigenvalue weighted by Gasteiger charge is 2.32. The summed E-state index contributed by atoms with van der Waals surface area (Å²) in [7, 11) is 0. The summed E-state index contributed by atoms with van der Waals surface area (Å²) in [5.41, 5.74) is 7.93. The van der Waals surface area contributed by atoms with Gasteiger partial charge in [0.25, 0.3) is 0 Å². The number of thiocarbonyl (C=S) groups is 1. The van der Waals surface area contributed by atoms with E-state index in [-0.39, 0.29) is 16.8 Å². The highest BCUT2D eigenvalue weighted by atomic mass is 32.2. The van der Waals surface area contributed by atoms with Crippen LogP contribution in [0.25, 0.3) is 17.1 Å². The lowest BCUT2D eigenvalue weighted by Crippen LogP contribution is -2.35. The molecule has 3 aromatic carbocycles. The second-order valence-electron chi connectivity index (χ2n) is 10.1. The Bertz CT molecular complexity index is 1690. The van der Waals surface area contributed by atoms with Crippen LogP contribution in [0.2, 0.25) is 0 Å². The lowest BCUT2D eigenvalue weighted by atomic mass is 9.98. The largest absolute Gasteiger partial charge is 0.573 e. The van der Waals surface area contributed by atoms with Crippen LogP contribution in [0.4, 0.5) is 18.9 Å². The molecule has 14 heteroatoms. The van der Waals surface area contributed by atoms with Crippen LogP contribution < -0.4 is 15.1 Å². The van der Waals surface area contributed by atoms with Gasteiger partial charge in [0.15, 0.2) is 11.0 Å². The molecule has 44 heavy (non-hydrogen) atoms. The fourth-order valence-corrected chi connectivity index (χ4v) is 5.59. The van der Waals surface area contributed by atoms with E-state index in [0.717, 1.165) is 27.9 Å². The molecule has 9 nitrogen and oxygen atoms in total. The molecule has 4 aromatic rings. The molecule has 2 N–H and O–H groups in total. The predicted octanol–water partition coefficient (Wildman–Crippen LogP) is 6.40. The van der Waals surface area contributed by atoms with Gasteiger partial charge in [-0.1, -0.05) is 62.0 Å². The Hall–Kier alpha value is -4.27. The van der Waals surface area contributed by atoms with Crippen molar-refractivity contribution in [3.8, 4) is 22.8 Å². The monoisotopic (exact) mass is 639 g/mol. The van der Waals surface area contributed by atoms with E-state index in [1.54, 1.807) is 6.21 Å². The van der Waals surface area contributed by atoms with Crippen molar-refractivity contribution >= 4 is 46.2 Å². The smallest absolute Gasteiger partial charge is 0.406 e. The number of nitrogens with one attached hydrogen (secondary N) is 1. The van der Waals surface area contributed by atoms with Crippen molar-refractivity contribution in [2.45, 2.75) is 39.3 Å². The number of aliphatic hydroxyl groups excluding tert-OH is 1. The summed E-state index contributed by atoms with van der Waals surface area (Å²) < 4.78 is 42.6. The number of halogens is 3. The third-order valence-electron chi connectivity index (χ3n) is 6.50. The summed E-state index contributed by atoms with van der Waals surface area (Å²) in [5.74, 6) is 0.856. The van der Waals surface area contributed by atoms with Gasteiger partial charge in [0.1, 0.15) is 18.3 Å². The van der Waals surface area contributed by atoms with Gasteiger partial charge in [-0.25, -0.2) is 9.67 Å². The number of hydrogen-bond donors (Lipinski definition) is 2. The maximum absolute atomic E-state index is 12.4. The molecule has 1 aliphatic rings. The molecule has 0 radical (unpaired) electrons. The van der Waals surface area contributed by atoms with Gasteiger partial charge in [0, 0.05) is 17.0 Å². The second kappa shape index (κ2) is 13.2. The van der Waals surface area contributed by atoms with E-state index in [1.165, 1.54) is 47.0 Å². The van der Waals surface area contributed by atoms with Gasteiger partial charge in [-0.15, -0.1) is 18.3 Å². The first-order valence-electron chi connectivity index (χ1n) is 13.5. The van der Waals surface area contributed by atoms with Crippen LogP contribution >= 0.6 is 24.0 Å². The molecule has 0 saturated carbocycles. The van der Waals surface area contributed by atoms with Gasteiger partial charge >= 0.3 is 6.36 Å². The molecule has 228 valence electrons. The SMILES string of the molecule is Cc1ccc(C(C)C)c(N2C(=NC(=S)N/N=C/c3ccc(-c4ncn(-c5ccc(OC(F)(F)F)cc5)n4)cc3)SCC2O)c1. The van der Waals surface area contributed by atoms with Gasteiger partial charge < -0.3 is 9.84 Å². The third kappa shape index (κ3) is 7.62. The maximum Gasteiger partial charge on any atom is 0.573 e. The molecular formula is C30H28F3N7O2S2. The normalized spacial score (nSPS) is 16.3. The van der Waals surface area contributed by atoms with Crippen molar-refractivity contribution < 1.29 is 23.0 Å². The Morgan fingerprint density at radius 3 is 2.55 bits per heavy atom. The zero-order valence-electron chi connectivity index (χ0n) is 23.9. The molecule has 0 spiro atoms. The average molecular weight is 640 g/mol. The van der Waals surface area contributed by atoms with Gasteiger partial charge in [0.2, 0.25) is 5.11 Å². The van der Waals surface area contributed by atoms with Crippen molar-refractivity contribution in [3.63, 3.8) is 0 Å². The van der Waals surface area contributed by atoms with E-state index < -0.39 is 12.6 Å². The lowest BCUT2D eigenvalue weighted by molar-refractivity contribution is -0.274.